The van der Waals surface area contributed by atoms with Crippen molar-refractivity contribution < 1.29 is 19.1 Å². The predicted molar refractivity (Wildman–Crippen MR) is 140 cm³/mol. The van der Waals surface area contributed by atoms with Crippen LogP contribution in [0.1, 0.15) is 18.1 Å². The van der Waals surface area contributed by atoms with Crippen LogP contribution in [0.5, 0.6) is 11.5 Å². The van der Waals surface area contributed by atoms with E-state index in [-0.39, 0.29) is 10.7 Å². The number of nitrogens with one attached hydrogen (secondary N) is 1. The van der Waals surface area contributed by atoms with Crippen LogP contribution in [0.3, 0.4) is 0 Å². The number of carbonyl (C=O) groups is 2. The first-order valence-corrected chi connectivity index (χ1v) is 11.8. The highest BCUT2D eigenvalue weighted by atomic mass is 127. The maximum atomic E-state index is 12.5. The third-order valence-corrected chi connectivity index (χ3v) is 6.38. The Morgan fingerprint density at radius 1 is 1.09 bits per heavy atom. The highest BCUT2D eigenvalue weighted by Gasteiger charge is 2.30. The number of fused-ring (bicyclic) bond motifs is 1. The molecule has 168 valence electrons. The lowest BCUT2D eigenvalue weighted by Crippen LogP contribution is -2.52. The molecule has 6 nitrogen and oxygen atoms in total. The van der Waals surface area contributed by atoms with Gasteiger partial charge in [-0.15, -0.1) is 0 Å². The van der Waals surface area contributed by atoms with Gasteiger partial charge in [0.2, 0.25) is 0 Å². The number of hydrogen-bond acceptors (Lipinski definition) is 5. The zero-order chi connectivity index (χ0) is 23.5. The molecule has 33 heavy (non-hydrogen) atoms. The van der Waals surface area contributed by atoms with Crippen molar-refractivity contribution in [2.24, 2.45) is 0 Å². The largest absolute Gasteiger partial charge is 0.490 e. The molecule has 0 radical (unpaired) electrons. The molecule has 1 saturated heterocycles. The number of thiocarbonyl (C=S) groups is 1. The van der Waals surface area contributed by atoms with E-state index in [0.717, 1.165) is 19.9 Å². The molecule has 1 N–H and O–H groups in total. The van der Waals surface area contributed by atoms with Gasteiger partial charge in [0.1, 0.15) is 12.2 Å². The van der Waals surface area contributed by atoms with Crippen molar-refractivity contribution >= 4 is 68.6 Å². The molecule has 0 saturated carbocycles. The van der Waals surface area contributed by atoms with Crippen LogP contribution in [0, 0.1) is 3.57 Å². The molecule has 1 aliphatic heterocycles. The number of carbonyl (C=O) groups excluding carboxylic acids is 2. The van der Waals surface area contributed by atoms with Gasteiger partial charge in [-0.05, 0) is 81.8 Å². The van der Waals surface area contributed by atoms with Gasteiger partial charge in [-0.3, -0.25) is 19.8 Å². The fourth-order valence-corrected chi connectivity index (χ4v) is 4.51. The standard InChI is InChI=1S/C25H21IN2O4S/c1-3-31-21-13-15(11-19-23(29)27-25(33)28(2)24(19)30)12-20(26)22(21)32-14-17-9-6-8-16-7-4-5-10-18(16)17/h4-13H,3,14H2,1-2H3,(H,27,29,33)/b19-11+. The van der Waals surface area contributed by atoms with E-state index in [9.17, 15) is 9.59 Å². The Balaban J connectivity index is 1.65. The van der Waals surface area contributed by atoms with Gasteiger partial charge in [-0.2, -0.15) is 0 Å². The first-order chi connectivity index (χ1) is 15.9. The fourth-order valence-electron chi connectivity index (χ4n) is 3.55. The van der Waals surface area contributed by atoms with Crippen LogP contribution in [0.15, 0.2) is 60.2 Å². The van der Waals surface area contributed by atoms with E-state index >= 15 is 0 Å². The predicted octanol–water partition coefficient (Wildman–Crippen LogP) is 4.68. The molecule has 0 aromatic heterocycles. The van der Waals surface area contributed by atoms with Crippen LogP contribution in [-0.2, 0) is 16.2 Å². The second-order valence-electron chi connectivity index (χ2n) is 7.37. The van der Waals surface area contributed by atoms with Crippen molar-refractivity contribution in [3.8, 4) is 11.5 Å². The van der Waals surface area contributed by atoms with E-state index in [2.05, 4.69) is 46.1 Å². The Hall–Kier alpha value is -2.98. The van der Waals surface area contributed by atoms with Crippen molar-refractivity contribution in [2.75, 3.05) is 13.7 Å². The summed E-state index contributed by atoms with van der Waals surface area (Å²) in [7, 11) is 1.53. The molecule has 0 unspecified atom stereocenters. The zero-order valence-corrected chi connectivity index (χ0v) is 21.0. The summed E-state index contributed by atoms with van der Waals surface area (Å²) in [6.45, 7) is 2.71. The van der Waals surface area contributed by atoms with Gasteiger partial charge in [0.05, 0.1) is 10.2 Å². The number of halogens is 1. The summed E-state index contributed by atoms with van der Waals surface area (Å²) in [5.74, 6) is 0.189. The maximum Gasteiger partial charge on any atom is 0.265 e. The van der Waals surface area contributed by atoms with Crippen molar-refractivity contribution in [1.82, 2.24) is 10.2 Å². The normalized spacial score (nSPS) is 15.2. The first-order valence-electron chi connectivity index (χ1n) is 10.3. The summed E-state index contributed by atoms with van der Waals surface area (Å²) in [4.78, 5) is 26.1. The van der Waals surface area contributed by atoms with Gasteiger partial charge < -0.3 is 9.47 Å². The number of likely N-dealkylation sites (N-methyl/N-ethyl adjacent to an activating group) is 1. The molecule has 0 bridgehead atoms. The molecule has 3 aromatic carbocycles. The average Bonchev–Trinajstić information content (AvgIpc) is 2.80. The Labute approximate surface area is 210 Å². The van der Waals surface area contributed by atoms with E-state index < -0.39 is 11.8 Å². The van der Waals surface area contributed by atoms with Crippen LogP contribution >= 0.6 is 34.8 Å². The molecule has 1 heterocycles. The average molecular weight is 572 g/mol. The minimum Gasteiger partial charge on any atom is -0.490 e. The van der Waals surface area contributed by atoms with Gasteiger partial charge in [-0.1, -0.05) is 42.5 Å². The number of amides is 2. The third-order valence-electron chi connectivity index (χ3n) is 5.20. The minimum absolute atomic E-state index is 0.00812. The van der Waals surface area contributed by atoms with Crippen molar-refractivity contribution in [2.45, 2.75) is 13.5 Å². The molecule has 8 heteroatoms. The van der Waals surface area contributed by atoms with Crippen LogP contribution < -0.4 is 14.8 Å². The monoisotopic (exact) mass is 572 g/mol. The van der Waals surface area contributed by atoms with Crippen LogP contribution in [0.4, 0.5) is 0 Å². The third kappa shape index (κ3) is 4.86. The molecule has 0 spiro atoms. The molecule has 1 fully saturated rings. The Kier molecular flexibility index (Phi) is 6.94. The van der Waals surface area contributed by atoms with E-state index in [4.69, 9.17) is 21.7 Å². The molecule has 1 aliphatic rings. The van der Waals surface area contributed by atoms with Gasteiger partial charge in [0, 0.05) is 7.05 Å². The van der Waals surface area contributed by atoms with Crippen LogP contribution in [0.25, 0.3) is 16.8 Å². The molecule has 4 rings (SSSR count). The maximum absolute atomic E-state index is 12.5. The van der Waals surface area contributed by atoms with E-state index in [1.807, 2.05) is 37.3 Å². The lowest BCUT2D eigenvalue weighted by Gasteiger charge is -2.25. The molecule has 2 amide bonds. The summed E-state index contributed by atoms with van der Waals surface area (Å²) in [5.41, 5.74) is 1.73. The quantitative estimate of drug-likeness (QED) is 0.201. The summed E-state index contributed by atoms with van der Waals surface area (Å²) >= 11 is 7.17. The molecular formula is C25H21IN2O4S. The lowest BCUT2D eigenvalue weighted by molar-refractivity contribution is -0.128. The number of rotatable bonds is 6. The highest BCUT2D eigenvalue weighted by molar-refractivity contribution is 14.1. The summed E-state index contributed by atoms with van der Waals surface area (Å²) in [5, 5.41) is 4.90. The summed E-state index contributed by atoms with van der Waals surface area (Å²) < 4.78 is 12.9. The van der Waals surface area contributed by atoms with E-state index in [1.165, 1.54) is 18.0 Å². The summed E-state index contributed by atoms with van der Waals surface area (Å²) in [6, 6.07) is 17.9. The minimum atomic E-state index is -0.521. The van der Waals surface area contributed by atoms with Crippen molar-refractivity contribution in [3.05, 3.63) is 74.9 Å². The summed E-state index contributed by atoms with van der Waals surface area (Å²) in [6.07, 6.45) is 1.54. The Morgan fingerprint density at radius 3 is 2.64 bits per heavy atom. The number of nitrogens with zero attached hydrogens (tertiary/aromatic N) is 1. The molecular weight excluding hydrogens is 551 g/mol. The van der Waals surface area contributed by atoms with E-state index in [1.54, 1.807) is 6.07 Å². The van der Waals surface area contributed by atoms with Crippen molar-refractivity contribution in [3.63, 3.8) is 0 Å². The van der Waals surface area contributed by atoms with Gasteiger partial charge in [-0.25, -0.2) is 0 Å². The smallest absolute Gasteiger partial charge is 0.265 e. The molecule has 3 aromatic rings. The lowest BCUT2D eigenvalue weighted by atomic mass is 10.1. The van der Waals surface area contributed by atoms with E-state index in [0.29, 0.717) is 30.3 Å². The SMILES string of the molecule is CCOc1cc(/C=C2\C(=O)NC(=S)N(C)C2=O)cc(I)c1OCc1cccc2ccccc12. The van der Waals surface area contributed by atoms with Gasteiger partial charge in [0.25, 0.3) is 11.8 Å². The highest BCUT2D eigenvalue weighted by Crippen LogP contribution is 2.36. The second kappa shape index (κ2) is 9.88. The van der Waals surface area contributed by atoms with Crippen LogP contribution in [-0.4, -0.2) is 35.5 Å². The van der Waals surface area contributed by atoms with Crippen molar-refractivity contribution in [1.29, 1.82) is 0 Å². The zero-order valence-electron chi connectivity index (χ0n) is 18.1. The fraction of sp³-hybridized carbons (Fsp3) is 0.160. The molecule has 0 aliphatic carbocycles. The van der Waals surface area contributed by atoms with Crippen LogP contribution in [0.2, 0.25) is 0 Å². The first kappa shape index (κ1) is 23.2. The second-order valence-corrected chi connectivity index (χ2v) is 8.92. The topological polar surface area (TPSA) is 67.9 Å². The Morgan fingerprint density at radius 2 is 1.85 bits per heavy atom. The number of benzene rings is 3. The number of hydrogen-bond donors (Lipinski definition) is 1. The Bertz CT molecular complexity index is 1300. The van der Waals surface area contributed by atoms with Gasteiger partial charge in [0.15, 0.2) is 16.6 Å². The number of ether oxygens (including phenoxy) is 2. The molecule has 0 atom stereocenters. The van der Waals surface area contributed by atoms with Gasteiger partial charge >= 0.3 is 0 Å².